The second kappa shape index (κ2) is 2.81. The molecule has 0 aromatic rings. The molecular formula is C3H5NOP+. The third kappa shape index (κ3) is 3.59. The highest BCUT2D eigenvalue weighted by Crippen LogP contribution is 2.11. The summed E-state index contributed by atoms with van der Waals surface area (Å²) in [5.74, 6) is 0. The fourth-order valence-corrected chi connectivity index (χ4v) is 0.299. The van der Waals surface area contributed by atoms with Crippen molar-refractivity contribution in [2.75, 3.05) is 13.0 Å². The van der Waals surface area contributed by atoms with Crippen molar-refractivity contribution in [2.24, 2.45) is 0 Å². The Morgan fingerprint density at radius 1 is 2.00 bits per heavy atom. The molecule has 32 valence electrons. The van der Waals surface area contributed by atoms with Crippen LogP contribution >= 0.6 is 7.80 Å². The second-order valence-electron chi connectivity index (χ2n) is 0.927. The predicted molar refractivity (Wildman–Crippen MR) is 25.0 cm³/mol. The van der Waals surface area contributed by atoms with Crippen molar-refractivity contribution in [1.29, 1.82) is 0 Å². The highest BCUT2D eigenvalue weighted by molar-refractivity contribution is 7.43. The minimum absolute atomic E-state index is 0.176. The summed E-state index contributed by atoms with van der Waals surface area (Å²) in [7, 11) is -1.20. The Morgan fingerprint density at radius 3 is 2.50 bits per heavy atom. The van der Waals surface area contributed by atoms with Gasteiger partial charge in [0.1, 0.15) is 6.66 Å². The summed E-state index contributed by atoms with van der Waals surface area (Å²) in [5, 5.41) is 0. The Balaban J connectivity index is 3.13. The molecule has 0 saturated carbocycles. The summed E-state index contributed by atoms with van der Waals surface area (Å²) in [4.78, 5) is 2.90. The van der Waals surface area contributed by atoms with Gasteiger partial charge in [0.25, 0.3) is 0 Å². The van der Waals surface area contributed by atoms with Gasteiger partial charge in [-0.15, -0.1) is 0 Å². The van der Waals surface area contributed by atoms with E-state index in [9.17, 15) is 4.57 Å². The highest BCUT2D eigenvalue weighted by atomic mass is 31.1. The van der Waals surface area contributed by atoms with Gasteiger partial charge in [0.15, 0.2) is 0 Å². The first-order valence-electron chi connectivity index (χ1n) is 1.49. The lowest BCUT2D eigenvalue weighted by Gasteiger charge is -1.54. The van der Waals surface area contributed by atoms with E-state index in [1.54, 1.807) is 6.66 Å². The molecule has 0 aliphatic heterocycles. The first kappa shape index (κ1) is 5.59. The fraction of sp³-hybridized carbons (Fsp3) is 0.667. The van der Waals surface area contributed by atoms with Crippen LogP contribution in [0.4, 0.5) is 0 Å². The molecule has 2 nitrogen and oxygen atoms in total. The fourth-order valence-electron chi connectivity index (χ4n) is 0.0996. The lowest BCUT2D eigenvalue weighted by Crippen LogP contribution is -1.56. The van der Waals surface area contributed by atoms with Gasteiger partial charge in [0.05, 0.1) is 0 Å². The number of hydrogen-bond donors (Lipinski definition) is 0. The largest absolute Gasteiger partial charge is 0.420 e. The molecule has 0 bridgehead atoms. The van der Waals surface area contributed by atoms with Gasteiger partial charge >= 0.3 is 14.1 Å². The topological polar surface area (TPSA) is 21.4 Å². The van der Waals surface area contributed by atoms with Crippen molar-refractivity contribution in [3.63, 3.8) is 0 Å². The summed E-state index contributed by atoms with van der Waals surface area (Å²) in [6.45, 7) is 7.72. The standard InChI is InChI=1S/C3H5NOP/c1-4-3-6(2)5/h3H2,2H3/q+1. The zero-order valence-electron chi connectivity index (χ0n) is 3.51. The Labute approximate surface area is 37.8 Å². The second-order valence-corrected chi connectivity index (χ2v) is 2.47. The zero-order valence-corrected chi connectivity index (χ0v) is 4.40. The Morgan fingerprint density at radius 2 is 2.50 bits per heavy atom. The smallest absolute Gasteiger partial charge is 0.266 e. The first-order valence-corrected chi connectivity index (χ1v) is 3.38. The first-order chi connectivity index (χ1) is 2.77. The van der Waals surface area contributed by atoms with Gasteiger partial charge in [-0.3, -0.25) is 4.85 Å². The molecule has 0 rings (SSSR count). The van der Waals surface area contributed by atoms with Gasteiger partial charge in [-0.05, 0) is 0 Å². The molecule has 0 heterocycles. The molecule has 0 aromatic heterocycles. The number of nitrogens with zero attached hydrogens (tertiary/aromatic N) is 1. The van der Waals surface area contributed by atoms with Gasteiger partial charge in [-0.2, -0.15) is 0 Å². The third-order valence-electron chi connectivity index (χ3n) is 0.270. The number of hydrogen-bond acceptors (Lipinski definition) is 1. The lowest BCUT2D eigenvalue weighted by molar-refractivity contribution is 0.592. The molecular weight excluding hydrogens is 97.0 g/mol. The summed E-state index contributed by atoms with van der Waals surface area (Å²) >= 11 is 0. The summed E-state index contributed by atoms with van der Waals surface area (Å²) in [6.07, 6.45) is 0.176. The highest BCUT2D eigenvalue weighted by Gasteiger charge is 2.04. The lowest BCUT2D eigenvalue weighted by atomic mass is 11.4. The van der Waals surface area contributed by atoms with E-state index < -0.39 is 7.80 Å². The maximum atomic E-state index is 9.98. The predicted octanol–water partition coefficient (Wildman–Crippen LogP) is 1.32. The maximum Gasteiger partial charge on any atom is 0.420 e. The van der Waals surface area contributed by atoms with Gasteiger partial charge in [0.2, 0.25) is 0 Å². The van der Waals surface area contributed by atoms with Gasteiger partial charge in [-0.1, -0.05) is 4.57 Å². The van der Waals surface area contributed by atoms with Crippen LogP contribution in [0.15, 0.2) is 0 Å². The molecule has 1 unspecified atom stereocenters. The van der Waals surface area contributed by atoms with Crippen LogP contribution < -0.4 is 0 Å². The van der Waals surface area contributed by atoms with Crippen LogP contribution in [-0.2, 0) is 4.57 Å². The van der Waals surface area contributed by atoms with E-state index in [1.165, 1.54) is 0 Å². The van der Waals surface area contributed by atoms with Crippen LogP contribution in [0.3, 0.4) is 0 Å². The van der Waals surface area contributed by atoms with Crippen LogP contribution in [0.1, 0.15) is 0 Å². The minimum atomic E-state index is -1.20. The molecule has 6 heavy (non-hydrogen) atoms. The molecule has 3 heteroatoms. The van der Waals surface area contributed by atoms with Crippen molar-refractivity contribution in [3.8, 4) is 0 Å². The monoisotopic (exact) mass is 102 g/mol. The van der Waals surface area contributed by atoms with Crippen LogP contribution in [0.25, 0.3) is 4.85 Å². The van der Waals surface area contributed by atoms with Crippen molar-refractivity contribution in [2.45, 2.75) is 0 Å². The average molecular weight is 102 g/mol. The molecule has 0 amide bonds. The molecule has 1 atom stereocenters. The van der Waals surface area contributed by atoms with Crippen molar-refractivity contribution in [1.82, 2.24) is 0 Å². The molecule has 0 spiro atoms. The van der Waals surface area contributed by atoms with E-state index in [0.29, 0.717) is 0 Å². The van der Waals surface area contributed by atoms with Crippen LogP contribution in [0, 0.1) is 6.57 Å². The molecule has 0 aromatic carbocycles. The Kier molecular flexibility index (Phi) is 2.62. The van der Waals surface area contributed by atoms with E-state index in [0.717, 1.165) is 0 Å². The van der Waals surface area contributed by atoms with E-state index in [-0.39, 0.29) is 6.29 Å². The van der Waals surface area contributed by atoms with Crippen molar-refractivity contribution >= 4 is 7.80 Å². The van der Waals surface area contributed by atoms with Gasteiger partial charge < -0.3 is 0 Å². The maximum absolute atomic E-state index is 9.98. The molecule has 0 fully saturated rings. The normalized spacial score (nSPS) is 9.67. The SMILES string of the molecule is [C-]#[N+]C[P+](C)=O. The third-order valence-corrected chi connectivity index (χ3v) is 0.810. The Bertz CT molecular complexity index is 93.5. The van der Waals surface area contributed by atoms with Crippen LogP contribution in [0.5, 0.6) is 0 Å². The summed E-state index contributed by atoms with van der Waals surface area (Å²) in [6, 6.07) is 0. The molecule has 0 saturated heterocycles. The molecule has 0 radical (unpaired) electrons. The van der Waals surface area contributed by atoms with Crippen LogP contribution in [0.2, 0.25) is 0 Å². The molecule has 0 aliphatic carbocycles. The quantitative estimate of drug-likeness (QED) is 0.361. The van der Waals surface area contributed by atoms with E-state index in [2.05, 4.69) is 4.85 Å². The van der Waals surface area contributed by atoms with Gasteiger partial charge in [-0.25, -0.2) is 6.57 Å². The minimum Gasteiger partial charge on any atom is -0.266 e. The molecule has 0 aliphatic rings. The van der Waals surface area contributed by atoms with Crippen LogP contribution in [-0.4, -0.2) is 13.0 Å². The molecule has 0 N–H and O–H groups in total. The summed E-state index contributed by atoms with van der Waals surface area (Å²) in [5.41, 5.74) is 0. The van der Waals surface area contributed by atoms with E-state index in [4.69, 9.17) is 6.57 Å². The number of rotatable bonds is 1. The van der Waals surface area contributed by atoms with Crippen molar-refractivity contribution < 1.29 is 4.57 Å². The zero-order chi connectivity index (χ0) is 4.99. The van der Waals surface area contributed by atoms with E-state index in [1.807, 2.05) is 0 Å². The van der Waals surface area contributed by atoms with Gasteiger partial charge in [0, 0.05) is 0 Å². The van der Waals surface area contributed by atoms with E-state index >= 15 is 0 Å². The Hall–Kier alpha value is -0.410. The average Bonchev–Trinajstić information content (AvgIpc) is 1.35. The summed E-state index contributed by atoms with van der Waals surface area (Å²) < 4.78 is 9.98. The van der Waals surface area contributed by atoms with Crippen molar-refractivity contribution in [3.05, 3.63) is 11.4 Å².